The molecule has 2 aliphatic carbocycles. The van der Waals surface area contributed by atoms with E-state index < -0.39 is 11.7 Å². The monoisotopic (exact) mass is 479 g/mol. The van der Waals surface area contributed by atoms with Gasteiger partial charge in [0.2, 0.25) is 5.91 Å². The Hall–Kier alpha value is -3.04. The van der Waals surface area contributed by atoms with E-state index in [0.29, 0.717) is 30.9 Å². The first-order chi connectivity index (χ1) is 16.5. The van der Waals surface area contributed by atoms with Crippen molar-refractivity contribution in [3.63, 3.8) is 0 Å². The molecule has 1 aromatic carbocycles. The molecule has 3 aromatic rings. The molecule has 2 amide bonds. The van der Waals surface area contributed by atoms with Crippen LogP contribution >= 0.6 is 11.3 Å². The molecular weight excluding hydrogens is 453 g/mol. The minimum atomic E-state index is -0.710. The zero-order valence-corrected chi connectivity index (χ0v) is 19.6. The summed E-state index contributed by atoms with van der Waals surface area (Å²) < 4.78 is 16.0. The van der Waals surface area contributed by atoms with Gasteiger partial charge in [0, 0.05) is 54.3 Å². The van der Waals surface area contributed by atoms with Crippen LogP contribution in [0.3, 0.4) is 0 Å². The molecule has 34 heavy (non-hydrogen) atoms. The SMILES string of the molecule is NC(=O)c1cc(F)cc(-n2nc(C(=O)N3CCN(CC4CC4)CC3)c3c2-c2ccsc2CC3)c1. The van der Waals surface area contributed by atoms with Crippen molar-refractivity contribution in [2.24, 2.45) is 11.7 Å². The molecule has 176 valence electrons. The zero-order chi connectivity index (χ0) is 23.4. The van der Waals surface area contributed by atoms with Crippen LogP contribution in [-0.2, 0) is 12.8 Å². The Morgan fingerprint density at radius 3 is 2.65 bits per heavy atom. The number of aryl methyl sites for hydroxylation is 1. The number of hydrogen-bond donors (Lipinski definition) is 1. The van der Waals surface area contributed by atoms with Crippen molar-refractivity contribution in [1.29, 1.82) is 0 Å². The van der Waals surface area contributed by atoms with Gasteiger partial charge in [0.25, 0.3) is 5.91 Å². The smallest absolute Gasteiger partial charge is 0.274 e. The van der Waals surface area contributed by atoms with Gasteiger partial charge < -0.3 is 10.6 Å². The van der Waals surface area contributed by atoms with Crippen LogP contribution in [0.2, 0.25) is 0 Å². The maximum Gasteiger partial charge on any atom is 0.274 e. The third-order valence-corrected chi connectivity index (χ3v) is 8.05. The predicted molar refractivity (Wildman–Crippen MR) is 128 cm³/mol. The van der Waals surface area contributed by atoms with E-state index in [2.05, 4.69) is 4.90 Å². The van der Waals surface area contributed by atoms with Crippen molar-refractivity contribution < 1.29 is 14.0 Å². The summed E-state index contributed by atoms with van der Waals surface area (Å²) in [5.74, 6) is -0.525. The Balaban J connectivity index is 1.38. The number of benzene rings is 1. The fraction of sp³-hybridized carbons (Fsp3) is 0.400. The number of thiophene rings is 1. The van der Waals surface area contributed by atoms with Gasteiger partial charge in [-0.2, -0.15) is 5.10 Å². The maximum atomic E-state index is 14.4. The molecule has 0 bridgehead atoms. The van der Waals surface area contributed by atoms with E-state index in [1.807, 2.05) is 16.3 Å². The minimum absolute atomic E-state index is 0.0697. The van der Waals surface area contributed by atoms with Crippen LogP contribution < -0.4 is 5.73 Å². The molecule has 1 saturated carbocycles. The second-order valence-corrected chi connectivity index (χ2v) is 10.4. The third-order valence-electron chi connectivity index (χ3n) is 7.07. The van der Waals surface area contributed by atoms with Crippen molar-refractivity contribution >= 4 is 23.2 Å². The highest BCUT2D eigenvalue weighted by Gasteiger charge is 2.33. The number of amides is 2. The lowest BCUT2D eigenvalue weighted by Gasteiger charge is -2.34. The fourth-order valence-corrected chi connectivity index (χ4v) is 5.97. The zero-order valence-electron chi connectivity index (χ0n) is 18.8. The number of nitrogens with two attached hydrogens (primary N) is 1. The number of piperazine rings is 1. The number of nitrogens with zero attached hydrogens (tertiary/aromatic N) is 4. The van der Waals surface area contributed by atoms with Crippen LogP contribution in [0.1, 0.15) is 44.1 Å². The second-order valence-electron chi connectivity index (χ2n) is 9.44. The Labute approximate surface area is 201 Å². The van der Waals surface area contributed by atoms with Gasteiger partial charge >= 0.3 is 0 Å². The standard InChI is InChI=1S/C25H26FN5O2S/c26-17-11-16(24(27)32)12-18(13-17)31-23-19-5-10-34-21(19)4-3-20(23)22(28-31)25(33)30-8-6-29(7-9-30)14-15-1-2-15/h5,10-13,15H,1-4,6-9,14H2,(H2,27,32). The van der Waals surface area contributed by atoms with E-state index in [1.165, 1.54) is 29.9 Å². The van der Waals surface area contributed by atoms with E-state index in [9.17, 15) is 14.0 Å². The van der Waals surface area contributed by atoms with Crippen LogP contribution in [0.5, 0.6) is 0 Å². The molecule has 6 rings (SSSR count). The average Bonchev–Trinajstić information content (AvgIpc) is 3.36. The first kappa shape index (κ1) is 21.5. The van der Waals surface area contributed by atoms with Crippen LogP contribution in [-0.4, -0.2) is 64.1 Å². The number of carbonyl (C=O) groups is 2. The second kappa shape index (κ2) is 8.32. The summed E-state index contributed by atoms with van der Waals surface area (Å²) in [7, 11) is 0. The molecule has 2 N–H and O–H groups in total. The van der Waals surface area contributed by atoms with Crippen LogP contribution in [0.4, 0.5) is 4.39 Å². The van der Waals surface area contributed by atoms with Crippen LogP contribution in [0.15, 0.2) is 29.6 Å². The highest BCUT2D eigenvalue weighted by molar-refractivity contribution is 7.10. The van der Waals surface area contributed by atoms with E-state index in [-0.39, 0.29) is 11.5 Å². The Bertz CT molecular complexity index is 1290. The Morgan fingerprint density at radius 1 is 1.12 bits per heavy atom. The van der Waals surface area contributed by atoms with Gasteiger partial charge in [-0.15, -0.1) is 11.3 Å². The van der Waals surface area contributed by atoms with Gasteiger partial charge in [0.15, 0.2) is 5.69 Å². The predicted octanol–water partition coefficient (Wildman–Crippen LogP) is 3.11. The summed E-state index contributed by atoms with van der Waals surface area (Å²) in [4.78, 5) is 31.0. The summed E-state index contributed by atoms with van der Waals surface area (Å²) in [6.07, 6.45) is 4.19. The number of rotatable bonds is 5. The van der Waals surface area contributed by atoms with Crippen LogP contribution in [0.25, 0.3) is 16.9 Å². The molecule has 3 aliphatic rings. The summed E-state index contributed by atoms with van der Waals surface area (Å²) in [5, 5.41) is 6.76. The maximum absolute atomic E-state index is 14.4. The number of halogens is 1. The summed E-state index contributed by atoms with van der Waals surface area (Å²) in [6, 6.07) is 6.00. The van der Waals surface area contributed by atoms with Crippen molar-refractivity contribution in [2.45, 2.75) is 25.7 Å². The highest BCUT2D eigenvalue weighted by Crippen LogP contribution is 2.40. The van der Waals surface area contributed by atoms with Crippen LogP contribution in [0, 0.1) is 11.7 Å². The molecule has 0 atom stereocenters. The molecular formula is C25H26FN5O2S. The lowest BCUT2D eigenvalue weighted by atomic mass is 9.94. The van der Waals surface area contributed by atoms with Gasteiger partial charge in [0.1, 0.15) is 5.82 Å². The molecule has 0 spiro atoms. The van der Waals surface area contributed by atoms with Gasteiger partial charge in [-0.3, -0.25) is 14.5 Å². The van der Waals surface area contributed by atoms with E-state index in [1.54, 1.807) is 16.0 Å². The summed E-state index contributed by atoms with van der Waals surface area (Å²) in [6.45, 7) is 4.26. The summed E-state index contributed by atoms with van der Waals surface area (Å²) >= 11 is 1.67. The van der Waals surface area contributed by atoms with Crippen molar-refractivity contribution in [3.05, 3.63) is 57.2 Å². The van der Waals surface area contributed by atoms with Gasteiger partial charge in [-0.1, -0.05) is 0 Å². The molecule has 7 nitrogen and oxygen atoms in total. The summed E-state index contributed by atoms with van der Waals surface area (Å²) in [5.41, 5.74) is 9.01. The molecule has 2 fully saturated rings. The van der Waals surface area contributed by atoms with Crippen molar-refractivity contribution in [2.75, 3.05) is 32.7 Å². The van der Waals surface area contributed by atoms with Crippen molar-refractivity contribution in [1.82, 2.24) is 19.6 Å². The minimum Gasteiger partial charge on any atom is -0.366 e. The Morgan fingerprint density at radius 2 is 1.91 bits per heavy atom. The largest absolute Gasteiger partial charge is 0.366 e. The highest BCUT2D eigenvalue weighted by atomic mass is 32.1. The first-order valence-electron chi connectivity index (χ1n) is 11.8. The molecule has 3 heterocycles. The number of carbonyl (C=O) groups excluding carboxylic acids is 2. The van der Waals surface area contributed by atoms with Gasteiger partial charge in [0.05, 0.1) is 11.4 Å². The third kappa shape index (κ3) is 3.82. The molecule has 1 saturated heterocycles. The lowest BCUT2D eigenvalue weighted by Crippen LogP contribution is -2.49. The first-order valence-corrected chi connectivity index (χ1v) is 12.7. The van der Waals surface area contributed by atoms with E-state index in [4.69, 9.17) is 10.8 Å². The molecule has 9 heteroatoms. The quantitative estimate of drug-likeness (QED) is 0.610. The topological polar surface area (TPSA) is 84.5 Å². The van der Waals surface area contributed by atoms with E-state index in [0.717, 1.165) is 54.9 Å². The normalized spacial score (nSPS) is 18.0. The molecule has 0 unspecified atom stereocenters. The Kier molecular flexibility index (Phi) is 5.26. The fourth-order valence-electron chi connectivity index (χ4n) is 5.09. The molecule has 1 aliphatic heterocycles. The van der Waals surface area contributed by atoms with E-state index >= 15 is 0 Å². The van der Waals surface area contributed by atoms with Crippen molar-refractivity contribution in [3.8, 4) is 16.9 Å². The number of hydrogen-bond acceptors (Lipinski definition) is 5. The number of aromatic nitrogens is 2. The molecule has 2 aromatic heterocycles. The number of fused-ring (bicyclic) bond motifs is 3. The van der Waals surface area contributed by atoms with Gasteiger partial charge in [-0.25, -0.2) is 9.07 Å². The van der Waals surface area contributed by atoms with Gasteiger partial charge in [-0.05, 0) is 61.2 Å². The molecule has 0 radical (unpaired) electrons. The average molecular weight is 480 g/mol. The number of primary amides is 1. The lowest BCUT2D eigenvalue weighted by molar-refractivity contribution is 0.0624.